The Morgan fingerprint density at radius 3 is 3.11 bits per heavy atom. The molecule has 0 radical (unpaired) electrons. The quantitative estimate of drug-likeness (QED) is 0.915. The van der Waals surface area contributed by atoms with Gasteiger partial charge in [-0.1, -0.05) is 24.9 Å². The first-order valence-corrected chi connectivity index (χ1v) is 6.81. The topological polar surface area (TPSA) is 82.8 Å². The van der Waals surface area contributed by atoms with E-state index in [1.807, 2.05) is 0 Å². The molecule has 1 aliphatic carbocycles. The minimum absolute atomic E-state index is 0.448. The Morgan fingerprint density at radius 1 is 1.47 bits per heavy atom. The van der Waals surface area contributed by atoms with Crippen molar-refractivity contribution in [2.24, 2.45) is 5.92 Å². The number of nitrogens with zero attached hydrogens (tertiary/aromatic N) is 4. The van der Waals surface area contributed by atoms with Crippen molar-refractivity contribution < 1.29 is 4.52 Å². The smallest absolute Gasteiger partial charge is 0.248 e. The summed E-state index contributed by atoms with van der Waals surface area (Å²) in [6.45, 7) is 2.77. The maximum atomic E-state index is 5.62. The van der Waals surface area contributed by atoms with Crippen LogP contribution < -0.4 is 5.73 Å². The molecule has 6 heteroatoms. The molecule has 1 fully saturated rings. The molecule has 0 aliphatic heterocycles. The van der Waals surface area contributed by atoms with E-state index in [4.69, 9.17) is 10.3 Å². The first-order valence-electron chi connectivity index (χ1n) is 6.81. The lowest BCUT2D eigenvalue weighted by Crippen LogP contribution is -2.13. The fourth-order valence-electron chi connectivity index (χ4n) is 2.77. The lowest BCUT2D eigenvalue weighted by atomic mass is 9.82. The highest BCUT2D eigenvalue weighted by atomic mass is 16.5. The third-order valence-corrected chi connectivity index (χ3v) is 3.74. The summed E-state index contributed by atoms with van der Waals surface area (Å²) in [6.07, 6.45) is 8.26. The van der Waals surface area contributed by atoms with E-state index in [2.05, 4.69) is 22.2 Å². The molecule has 2 heterocycles. The Bertz CT molecular complexity index is 547. The number of rotatable bonds is 3. The van der Waals surface area contributed by atoms with Crippen LogP contribution in [0.2, 0.25) is 0 Å². The molecule has 2 unspecified atom stereocenters. The van der Waals surface area contributed by atoms with Gasteiger partial charge in [0.15, 0.2) is 5.82 Å². The molecule has 0 spiro atoms. The first kappa shape index (κ1) is 12.2. The van der Waals surface area contributed by atoms with Crippen molar-refractivity contribution in [1.82, 2.24) is 19.9 Å². The number of nitrogen functional groups attached to an aromatic ring is 1. The second-order valence-corrected chi connectivity index (χ2v) is 5.49. The molecule has 2 aromatic rings. The van der Waals surface area contributed by atoms with Gasteiger partial charge in [0.2, 0.25) is 5.89 Å². The van der Waals surface area contributed by atoms with E-state index in [0.717, 1.165) is 24.6 Å². The Labute approximate surface area is 112 Å². The van der Waals surface area contributed by atoms with Crippen LogP contribution in [0.1, 0.15) is 50.2 Å². The summed E-state index contributed by atoms with van der Waals surface area (Å²) in [7, 11) is 0. The molecule has 6 nitrogen and oxygen atoms in total. The van der Waals surface area contributed by atoms with Crippen molar-refractivity contribution in [2.45, 2.75) is 45.1 Å². The summed E-state index contributed by atoms with van der Waals surface area (Å²) in [5.74, 6) is 2.65. The maximum Gasteiger partial charge on any atom is 0.248 e. The third kappa shape index (κ3) is 2.77. The van der Waals surface area contributed by atoms with Gasteiger partial charge < -0.3 is 10.3 Å². The SMILES string of the molecule is CC1CCCC(c2noc(Cn3cc(N)cn3)n2)C1. The van der Waals surface area contributed by atoms with Crippen LogP contribution >= 0.6 is 0 Å². The minimum Gasteiger partial charge on any atom is -0.396 e. The van der Waals surface area contributed by atoms with Crippen molar-refractivity contribution in [3.8, 4) is 0 Å². The van der Waals surface area contributed by atoms with Gasteiger partial charge in [0.1, 0.15) is 6.54 Å². The zero-order valence-electron chi connectivity index (χ0n) is 11.1. The van der Waals surface area contributed by atoms with Crippen LogP contribution in [0.25, 0.3) is 0 Å². The molecule has 3 rings (SSSR count). The monoisotopic (exact) mass is 261 g/mol. The number of hydrogen-bond acceptors (Lipinski definition) is 5. The van der Waals surface area contributed by atoms with E-state index in [1.54, 1.807) is 17.1 Å². The summed E-state index contributed by atoms with van der Waals surface area (Å²) in [4.78, 5) is 4.49. The van der Waals surface area contributed by atoms with Crippen LogP contribution in [-0.4, -0.2) is 19.9 Å². The molecule has 2 N–H and O–H groups in total. The van der Waals surface area contributed by atoms with E-state index in [1.165, 1.54) is 12.8 Å². The summed E-state index contributed by atoms with van der Waals surface area (Å²) in [5.41, 5.74) is 6.26. The van der Waals surface area contributed by atoms with Crippen molar-refractivity contribution in [2.75, 3.05) is 5.73 Å². The third-order valence-electron chi connectivity index (χ3n) is 3.74. The Morgan fingerprint density at radius 2 is 2.37 bits per heavy atom. The molecule has 2 aromatic heterocycles. The Hall–Kier alpha value is -1.85. The first-order chi connectivity index (χ1) is 9.20. The standard InChI is InChI=1S/C13H19N5O/c1-9-3-2-4-10(5-9)13-16-12(19-17-13)8-18-7-11(14)6-15-18/h6-7,9-10H,2-5,8,14H2,1H3. The predicted molar refractivity (Wildman–Crippen MR) is 70.4 cm³/mol. The fourth-order valence-corrected chi connectivity index (χ4v) is 2.77. The molecule has 1 saturated carbocycles. The van der Waals surface area contributed by atoms with E-state index >= 15 is 0 Å². The highest BCUT2D eigenvalue weighted by Crippen LogP contribution is 2.34. The summed E-state index contributed by atoms with van der Waals surface area (Å²) >= 11 is 0. The van der Waals surface area contributed by atoms with Gasteiger partial charge in [-0.05, 0) is 18.8 Å². The number of anilines is 1. The second-order valence-electron chi connectivity index (χ2n) is 5.49. The molecule has 102 valence electrons. The van der Waals surface area contributed by atoms with Crippen LogP contribution in [0.15, 0.2) is 16.9 Å². The zero-order chi connectivity index (χ0) is 13.2. The van der Waals surface area contributed by atoms with Crippen LogP contribution in [0.5, 0.6) is 0 Å². The van der Waals surface area contributed by atoms with Gasteiger partial charge in [0.05, 0.1) is 11.9 Å². The lowest BCUT2D eigenvalue weighted by Gasteiger charge is -2.23. The van der Waals surface area contributed by atoms with Crippen molar-refractivity contribution in [3.63, 3.8) is 0 Å². The average molecular weight is 261 g/mol. The van der Waals surface area contributed by atoms with E-state index in [9.17, 15) is 0 Å². The van der Waals surface area contributed by atoms with Gasteiger partial charge in [-0.25, -0.2) is 0 Å². The van der Waals surface area contributed by atoms with Gasteiger partial charge in [-0.2, -0.15) is 10.1 Å². The molecule has 0 bridgehead atoms. The lowest BCUT2D eigenvalue weighted by molar-refractivity contribution is 0.318. The van der Waals surface area contributed by atoms with Crippen LogP contribution in [0.3, 0.4) is 0 Å². The van der Waals surface area contributed by atoms with Gasteiger partial charge in [-0.3, -0.25) is 4.68 Å². The summed E-state index contributed by atoms with van der Waals surface area (Å²) < 4.78 is 7.01. The van der Waals surface area contributed by atoms with Crippen molar-refractivity contribution in [3.05, 3.63) is 24.1 Å². The fraction of sp³-hybridized carbons (Fsp3) is 0.615. The maximum absolute atomic E-state index is 5.62. The molecular weight excluding hydrogens is 242 g/mol. The number of nitrogens with two attached hydrogens (primary N) is 1. The molecule has 0 aromatic carbocycles. The minimum atomic E-state index is 0.448. The van der Waals surface area contributed by atoms with Gasteiger partial charge in [0, 0.05) is 12.1 Å². The largest absolute Gasteiger partial charge is 0.396 e. The normalized spacial score (nSPS) is 23.6. The van der Waals surface area contributed by atoms with E-state index in [0.29, 0.717) is 24.0 Å². The van der Waals surface area contributed by atoms with Gasteiger partial charge >= 0.3 is 0 Å². The Kier molecular flexibility index (Phi) is 3.23. The Balaban J connectivity index is 1.69. The van der Waals surface area contributed by atoms with Crippen LogP contribution in [0, 0.1) is 5.92 Å². The van der Waals surface area contributed by atoms with Crippen LogP contribution in [-0.2, 0) is 6.54 Å². The van der Waals surface area contributed by atoms with Gasteiger partial charge in [-0.15, -0.1) is 0 Å². The highest BCUT2D eigenvalue weighted by molar-refractivity contribution is 5.30. The summed E-state index contributed by atoms with van der Waals surface area (Å²) in [5, 5.41) is 8.23. The molecule has 0 saturated heterocycles. The van der Waals surface area contributed by atoms with Gasteiger partial charge in [0.25, 0.3) is 0 Å². The molecule has 2 atom stereocenters. The average Bonchev–Trinajstić information content (AvgIpc) is 2.99. The van der Waals surface area contributed by atoms with E-state index in [-0.39, 0.29) is 0 Å². The molecule has 19 heavy (non-hydrogen) atoms. The second kappa shape index (κ2) is 5.03. The molecule has 1 aliphatic rings. The summed E-state index contributed by atoms with van der Waals surface area (Å²) in [6, 6.07) is 0. The zero-order valence-corrected chi connectivity index (χ0v) is 11.1. The molecular formula is C13H19N5O. The number of hydrogen-bond donors (Lipinski definition) is 1. The van der Waals surface area contributed by atoms with Crippen molar-refractivity contribution in [1.29, 1.82) is 0 Å². The number of aromatic nitrogens is 4. The predicted octanol–water partition coefficient (Wildman–Crippen LogP) is 2.19. The molecule has 0 amide bonds. The highest BCUT2D eigenvalue weighted by Gasteiger charge is 2.24. The van der Waals surface area contributed by atoms with Crippen molar-refractivity contribution >= 4 is 5.69 Å². The van der Waals surface area contributed by atoms with E-state index < -0.39 is 0 Å². The van der Waals surface area contributed by atoms with Crippen LogP contribution in [0.4, 0.5) is 5.69 Å².